The van der Waals surface area contributed by atoms with Crippen molar-refractivity contribution in [3.05, 3.63) is 59.3 Å². The van der Waals surface area contributed by atoms with Gasteiger partial charge in [-0.2, -0.15) is 0 Å². The molecule has 1 saturated carbocycles. The van der Waals surface area contributed by atoms with Crippen LogP contribution in [0.3, 0.4) is 0 Å². The number of ether oxygens (including phenoxy) is 1. The second kappa shape index (κ2) is 7.55. The molecule has 0 bridgehead atoms. The van der Waals surface area contributed by atoms with Gasteiger partial charge >= 0.3 is 0 Å². The van der Waals surface area contributed by atoms with Crippen LogP contribution in [0.1, 0.15) is 50.3 Å². The molecule has 30 heavy (non-hydrogen) atoms. The third kappa shape index (κ3) is 3.79. The van der Waals surface area contributed by atoms with Crippen molar-refractivity contribution in [3.8, 4) is 5.75 Å². The number of nitrogens with one attached hydrogen (secondary N) is 2. The van der Waals surface area contributed by atoms with Crippen LogP contribution in [0.2, 0.25) is 0 Å². The van der Waals surface area contributed by atoms with E-state index in [1.54, 1.807) is 38.2 Å². The first-order valence-corrected chi connectivity index (χ1v) is 9.99. The van der Waals surface area contributed by atoms with Gasteiger partial charge in [0, 0.05) is 40.8 Å². The number of fused-ring (bicyclic) bond motifs is 1. The molecule has 1 atom stereocenters. The van der Waals surface area contributed by atoms with Crippen LogP contribution in [0.25, 0.3) is 5.57 Å². The number of pyridine rings is 1. The number of hydrogen-bond donors (Lipinski definition) is 3. The van der Waals surface area contributed by atoms with Gasteiger partial charge in [0.2, 0.25) is 5.91 Å². The number of rotatable bonds is 5. The quantitative estimate of drug-likeness (QED) is 0.644. The van der Waals surface area contributed by atoms with Crippen LogP contribution in [0, 0.1) is 16.6 Å². The zero-order chi connectivity index (χ0) is 21.5. The highest BCUT2D eigenvalue weighted by Gasteiger charge is 2.54. The molecule has 0 radical (unpaired) electrons. The van der Waals surface area contributed by atoms with Crippen LogP contribution < -0.4 is 15.8 Å². The third-order valence-electron chi connectivity index (χ3n) is 5.96. The fourth-order valence-corrected chi connectivity index (χ4v) is 4.26. The number of hydrogen-bond acceptors (Lipinski definition) is 5. The maximum atomic E-state index is 13.6. The minimum absolute atomic E-state index is 0.00377. The van der Waals surface area contributed by atoms with Crippen molar-refractivity contribution in [2.24, 2.45) is 11.1 Å². The summed E-state index contributed by atoms with van der Waals surface area (Å²) in [6.45, 7) is 3.92. The van der Waals surface area contributed by atoms with Gasteiger partial charge < -0.3 is 21.2 Å². The molecule has 2 aromatic rings. The van der Waals surface area contributed by atoms with E-state index in [1.165, 1.54) is 12.1 Å². The standard InChI is InChI=1S/C23H25FN4O2/c1-13(25)22(14(2)26)19-6-4-16(11-27-19)28-21(29)10-18-17-5-3-15(24)9-20(17)30-12-23(18)7-8-23/h3-6,9,11,18,25H,7-8,10,12,26H2,1-2H3,(H,28,29). The van der Waals surface area contributed by atoms with Gasteiger partial charge in [-0.1, -0.05) is 6.07 Å². The SMILES string of the molecule is CC(=N)C(=C(C)N)c1ccc(NC(=O)CC2c3ccc(F)cc3OCC23CC3)cn1. The molecule has 4 N–H and O–H groups in total. The number of halogens is 1. The van der Waals surface area contributed by atoms with Crippen LogP contribution in [0.15, 0.2) is 42.2 Å². The first-order chi connectivity index (χ1) is 14.3. The van der Waals surface area contributed by atoms with E-state index >= 15 is 0 Å². The van der Waals surface area contributed by atoms with Crippen molar-refractivity contribution < 1.29 is 13.9 Å². The van der Waals surface area contributed by atoms with Crippen LogP contribution in [-0.4, -0.2) is 23.2 Å². The maximum Gasteiger partial charge on any atom is 0.225 e. The van der Waals surface area contributed by atoms with Gasteiger partial charge in [-0.15, -0.1) is 0 Å². The molecule has 6 nitrogen and oxygen atoms in total. The Balaban J connectivity index is 1.49. The van der Waals surface area contributed by atoms with Crippen LogP contribution in [0.5, 0.6) is 5.75 Å². The number of carbonyl (C=O) groups is 1. The van der Waals surface area contributed by atoms with E-state index in [-0.39, 0.29) is 23.1 Å². The lowest BCUT2D eigenvalue weighted by atomic mass is 9.79. The zero-order valence-electron chi connectivity index (χ0n) is 17.1. The van der Waals surface area contributed by atoms with E-state index in [9.17, 15) is 9.18 Å². The number of nitrogens with two attached hydrogens (primary N) is 1. The van der Waals surface area contributed by atoms with E-state index in [2.05, 4.69) is 10.3 Å². The summed E-state index contributed by atoms with van der Waals surface area (Å²) >= 11 is 0. The average molecular weight is 408 g/mol. The molecule has 1 fully saturated rings. The molecule has 0 saturated heterocycles. The summed E-state index contributed by atoms with van der Waals surface area (Å²) in [5.74, 6) is 0.0852. The smallest absolute Gasteiger partial charge is 0.225 e. The molecule has 1 aliphatic heterocycles. The molecule has 2 heterocycles. The van der Waals surface area contributed by atoms with Gasteiger partial charge in [0.05, 0.1) is 24.2 Å². The molecular weight excluding hydrogens is 383 g/mol. The molecule has 1 aromatic heterocycles. The summed E-state index contributed by atoms with van der Waals surface area (Å²) in [5.41, 5.74) is 9.37. The Kier molecular flexibility index (Phi) is 5.05. The second-order valence-corrected chi connectivity index (χ2v) is 8.25. The molecule has 2 aliphatic rings. The predicted octanol–water partition coefficient (Wildman–Crippen LogP) is 4.24. The Morgan fingerprint density at radius 1 is 1.33 bits per heavy atom. The summed E-state index contributed by atoms with van der Waals surface area (Å²) in [6, 6.07) is 8.06. The van der Waals surface area contributed by atoms with Gasteiger partial charge in [-0.25, -0.2) is 4.39 Å². The Bertz CT molecular complexity index is 1040. The van der Waals surface area contributed by atoms with Crippen molar-refractivity contribution in [2.45, 2.75) is 39.0 Å². The number of nitrogens with zero attached hydrogens (tertiary/aromatic N) is 1. The van der Waals surface area contributed by atoms with E-state index in [0.29, 0.717) is 47.1 Å². The molecule has 7 heteroatoms. The van der Waals surface area contributed by atoms with Crippen LogP contribution in [-0.2, 0) is 4.79 Å². The Morgan fingerprint density at radius 3 is 2.70 bits per heavy atom. The fourth-order valence-electron chi connectivity index (χ4n) is 4.26. The highest BCUT2D eigenvalue weighted by atomic mass is 19.1. The zero-order valence-corrected chi connectivity index (χ0v) is 17.1. The molecule has 1 aromatic carbocycles. The molecular formula is C23H25FN4O2. The normalized spacial score (nSPS) is 19.4. The summed E-state index contributed by atoms with van der Waals surface area (Å²) in [7, 11) is 0. The Hall–Kier alpha value is -3.22. The van der Waals surface area contributed by atoms with Crippen LogP contribution in [0.4, 0.5) is 10.1 Å². The van der Waals surface area contributed by atoms with Gasteiger partial charge in [-0.3, -0.25) is 9.78 Å². The van der Waals surface area contributed by atoms with Crippen molar-refractivity contribution in [2.75, 3.05) is 11.9 Å². The molecule has 156 valence electrons. The van der Waals surface area contributed by atoms with Gasteiger partial charge in [0.25, 0.3) is 0 Å². The van der Waals surface area contributed by atoms with E-state index in [4.69, 9.17) is 15.9 Å². The number of benzene rings is 1. The largest absolute Gasteiger partial charge is 0.493 e. The molecule has 4 rings (SSSR count). The van der Waals surface area contributed by atoms with Crippen molar-refractivity contribution in [1.82, 2.24) is 4.98 Å². The van der Waals surface area contributed by atoms with E-state index in [0.717, 1.165) is 18.4 Å². The Labute approximate surface area is 174 Å². The lowest BCUT2D eigenvalue weighted by Gasteiger charge is -2.33. The molecule has 1 unspecified atom stereocenters. The van der Waals surface area contributed by atoms with Gasteiger partial charge in [0.15, 0.2) is 0 Å². The number of allylic oxidation sites excluding steroid dienone is 2. The number of anilines is 1. The second-order valence-electron chi connectivity index (χ2n) is 8.25. The highest BCUT2D eigenvalue weighted by Crippen LogP contribution is 2.61. The van der Waals surface area contributed by atoms with Crippen molar-refractivity contribution in [3.63, 3.8) is 0 Å². The van der Waals surface area contributed by atoms with Crippen molar-refractivity contribution >= 4 is 22.9 Å². The fraction of sp³-hybridized carbons (Fsp3) is 0.348. The monoisotopic (exact) mass is 408 g/mol. The summed E-state index contributed by atoms with van der Waals surface area (Å²) in [5, 5.41) is 10.8. The number of amides is 1. The molecule has 1 amide bonds. The lowest BCUT2D eigenvalue weighted by Crippen LogP contribution is -2.30. The first-order valence-electron chi connectivity index (χ1n) is 9.99. The topological polar surface area (TPSA) is 101 Å². The lowest BCUT2D eigenvalue weighted by molar-refractivity contribution is -0.117. The number of carbonyl (C=O) groups excluding carboxylic acids is 1. The number of aromatic nitrogens is 1. The van der Waals surface area contributed by atoms with E-state index < -0.39 is 0 Å². The van der Waals surface area contributed by atoms with E-state index in [1.807, 2.05) is 0 Å². The maximum absolute atomic E-state index is 13.6. The third-order valence-corrected chi connectivity index (χ3v) is 5.96. The molecule has 1 spiro atoms. The highest BCUT2D eigenvalue weighted by molar-refractivity contribution is 6.21. The summed E-state index contributed by atoms with van der Waals surface area (Å²) in [6.07, 6.45) is 3.89. The predicted molar refractivity (Wildman–Crippen MR) is 114 cm³/mol. The molecule has 1 aliphatic carbocycles. The summed E-state index contributed by atoms with van der Waals surface area (Å²) in [4.78, 5) is 17.1. The van der Waals surface area contributed by atoms with Gasteiger partial charge in [0.1, 0.15) is 11.6 Å². The van der Waals surface area contributed by atoms with Gasteiger partial charge in [-0.05, 0) is 50.5 Å². The minimum atomic E-state index is -0.337. The minimum Gasteiger partial charge on any atom is -0.493 e. The average Bonchev–Trinajstić information content (AvgIpc) is 3.46. The van der Waals surface area contributed by atoms with Crippen LogP contribution >= 0.6 is 0 Å². The first kappa shape index (κ1) is 20.1. The summed E-state index contributed by atoms with van der Waals surface area (Å²) < 4.78 is 19.4. The Morgan fingerprint density at radius 2 is 2.10 bits per heavy atom. The van der Waals surface area contributed by atoms with Crippen molar-refractivity contribution in [1.29, 1.82) is 5.41 Å².